The van der Waals surface area contributed by atoms with Crippen molar-refractivity contribution in [3.8, 4) is 11.3 Å². The smallest absolute Gasteiger partial charge is 0.136 e. The molecule has 0 spiro atoms. The Bertz CT molecular complexity index is 1010. The zero-order valence-corrected chi connectivity index (χ0v) is 14.8. The molecule has 4 rings (SSSR count). The molecule has 0 amide bonds. The van der Waals surface area contributed by atoms with Crippen LogP contribution in [0.3, 0.4) is 0 Å². The number of anilines is 2. The fourth-order valence-corrected chi connectivity index (χ4v) is 2.87. The van der Waals surface area contributed by atoms with Crippen LogP contribution < -0.4 is 10.2 Å². The number of nitrogens with one attached hydrogen (secondary N) is 1. The third kappa shape index (κ3) is 3.24. The summed E-state index contributed by atoms with van der Waals surface area (Å²) in [4.78, 5) is 11.4. The standard InChI is InChI=1S/C21H20N4O/c1-25(2)16-9-7-15(8-10-16)19-13-20-18(6-3-11-22-20)21(24-19)23-14-17-5-4-12-26-17/h3-13H,14H2,1-2H3,(H,23,24). The van der Waals surface area contributed by atoms with E-state index in [4.69, 9.17) is 9.40 Å². The zero-order chi connectivity index (χ0) is 17.9. The van der Waals surface area contributed by atoms with Crippen molar-refractivity contribution in [3.05, 3.63) is 72.8 Å². The first-order chi connectivity index (χ1) is 12.7. The Hall–Kier alpha value is -3.34. The summed E-state index contributed by atoms with van der Waals surface area (Å²) in [6.45, 7) is 0.576. The van der Waals surface area contributed by atoms with Crippen LogP contribution in [0.15, 0.2) is 71.5 Å². The van der Waals surface area contributed by atoms with Crippen molar-refractivity contribution in [3.63, 3.8) is 0 Å². The van der Waals surface area contributed by atoms with Gasteiger partial charge in [-0.1, -0.05) is 12.1 Å². The van der Waals surface area contributed by atoms with Crippen LogP contribution in [-0.2, 0) is 6.54 Å². The number of hydrogen-bond donors (Lipinski definition) is 1. The molecule has 0 aliphatic carbocycles. The topological polar surface area (TPSA) is 54.2 Å². The van der Waals surface area contributed by atoms with Gasteiger partial charge in [0.2, 0.25) is 0 Å². The Labute approximate surface area is 152 Å². The molecule has 5 heteroatoms. The van der Waals surface area contributed by atoms with Crippen LogP contribution in [0.1, 0.15) is 5.76 Å². The molecule has 0 unspecified atom stereocenters. The van der Waals surface area contributed by atoms with E-state index in [1.54, 1.807) is 12.5 Å². The quantitative estimate of drug-likeness (QED) is 0.575. The van der Waals surface area contributed by atoms with Gasteiger partial charge in [0.25, 0.3) is 0 Å². The normalized spacial score (nSPS) is 10.8. The summed E-state index contributed by atoms with van der Waals surface area (Å²) in [7, 11) is 4.06. The van der Waals surface area contributed by atoms with Gasteiger partial charge < -0.3 is 14.6 Å². The summed E-state index contributed by atoms with van der Waals surface area (Å²) in [6.07, 6.45) is 3.48. The molecule has 5 nitrogen and oxygen atoms in total. The molecular formula is C21H20N4O. The summed E-state index contributed by atoms with van der Waals surface area (Å²) in [5.41, 5.74) is 4.02. The lowest BCUT2D eigenvalue weighted by Gasteiger charge is -2.14. The van der Waals surface area contributed by atoms with Crippen molar-refractivity contribution in [2.45, 2.75) is 6.54 Å². The van der Waals surface area contributed by atoms with E-state index >= 15 is 0 Å². The van der Waals surface area contributed by atoms with Gasteiger partial charge in [-0.25, -0.2) is 4.98 Å². The molecule has 3 aromatic heterocycles. The second-order valence-corrected chi connectivity index (χ2v) is 6.30. The first kappa shape index (κ1) is 16.1. The molecule has 0 saturated heterocycles. The molecule has 1 aromatic carbocycles. The van der Waals surface area contributed by atoms with E-state index < -0.39 is 0 Å². The maximum Gasteiger partial charge on any atom is 0.136 e. The van der Waals surface area contributed by atoms with Crippen LogP contribution in [0, 0.1) is 0 Å². The highest BCUT2D eigenvalue weighted by Gasteiger charge is 2.09. The molecule has 26 heavy (non-hydrogen) atoms. The first-order valence-corrected chi connectivity index (χ1v) is 8.50. The number of benzene rings is 1. The number of nitrogens with zero attached hydrogens (tertiary/aromatic N) is 3. The van der Waals surface area contributed by atoms with Crippen LogP contribution in [0.4, 0.5) is 11.5 Å². The van der Waals surface area contributed by atoms with Crippen molar-refractivity contribution >= 4 is 22.4 Å². The highest BCUT2D eigenvalue weighted by molar-refractivity contribution is 5.92. The average Bonchev–Trinajstić information content (AvgIpc) is 3.19. The number of furan rings is 1. The van der Waals surface area contributed by atoms with Crippen LogP contribution in [0.25, 0.3) is 22.2 Å². The molecule has 1 N–H and O–H groups in total. The van der Waals surface area contributed by atoms with Crippen LogP contribution >= 0.6 is 0 Å². The molecule has 130 valence electrons. The summed E-state index contributed by atoms with van der Waals surface area (Å²) >= 11 is 0. The third-order valence-corrected chi connectivity index (χ3v) is 4.29. The van der Waals surface area contributed by atoms with E-state index in [0.717, 1.165) is 39.4 Å². The van der Waals surface area contributed by atoms with Gasteiger partial charge in [-0.05, 0) is 42.5 Å². The van der Waals surface area contributed by atoms with Gasteiger partial charge in [0, 0.05) is 36.9 Å². The molecule has 0 fully saturated rings. The molecule has 0 bridgehead atoms. The number of fused-ring (bicyclic) bond motifs is 1. The Morgan fingerprint density at radius 3 is 2.62 bits per heavy atom. The van der Waals surface area contributed by atoms with Gasteiger partial charge in [0.1, 0.15) is 11.6 Å². The third-order valence-electron chi connectivity index (χ3n) is 4.29. The molecule has 0 aliphatic rings. The maximum absolute atomic E-state index is 5.41. The molecule has 0 aliphatic heterocycles. The SMILES string of the molecule is CN(C)c1ccc(-c2cc3ncccc3c(NCc3ccco3)n2)cc1. The minimum Gasteiger partial charge on any atom is -0.467 e. The lowest BCUT2D eigenvalue weighted by Crippen LogP contribution is -2.08. The van der Waals surface area contributed by atoms with E-state index in [1.165, 1.54) is 0 Å². The maximum atomic E-state index is 5.41. The average molecular weight is 344 g/mol. The van der Waals surface area contributed by atoms with Gasteiger partial charge in [-0.2, -0.15) is 0 Å². The Balaban J connectivity index is 1.73. The van der Waals surface area contributed by atoms with E-state index in [0.29, 0.717) is 6.54 Å². The molecule has 0 saturated carbocycles. The fourth-order valence-electron chi connectivity index (χ4n) is 2.87. The van der Waals surface area contributed by atoms with Crippen LogP contribution in [0.2, 0.25) is 0 Å². The summed E-state index contributed by atoms with van der Waals surface area (Å²) in [5.74, 6) is 1.67. The Kier molecular flexibility index (Phi) is 4.27. The molecule has 3 heterocycles. The number of rotatable bonds is 5. The van der Waals surface area contributed by atoms with Crippen molar-refractivity contribution < 1.29 is 4.42 Å². The highest BCUT2D eigenvalue weighted by Crippen LogP contribution is 2.28. The van der Waals surface area contributed by atoms with Crippen molar-refractivity contribution in [2.75, 3.05) is 24.3 Å². The lowest BCUT2D eigenvalue weighted by molar-refractivity contribution is 0.518. The first-order valence-electron chi connectivity index (χ1n) is 8.50. The van der Waals surface area contributed by atoms with Crippen molar-refractivity contribution in [1.29, 1.82) is 0 Å². The molecule has 0 atom stereocenters. The zero-order valence-electron chi connectivity index (χ0n) is 14.8. The van der Waals surface area contributed by atoms with Gasteiger partial charge in [-0.3, -0.25) is 4.98 Å². The predicted octanol–water partition coefficient (Wildman–Crippen LogP) is 4.57. The van der Waals surface area contributed by atoms with Gasteiger partial charge >= 0.3 is 0 Å². The van der Waals surface area contributed by atoms with Crippen molar-refractivity contribution in [1.82, 2.24) is 9.97 Å². The van der Waals surface area contributed by atoms with E-state index in [1.807, 2.05) is 44.4 Å². The Morgan fingerprint density at radius 2 is 1.88 bits per heavy atom. The van der Waals surface area contributed by atoms with E-state index in [2.05, 4.69) is 39.5 Å². The number of pyridine rings is 2. The molecule has 4 aromatic rings. The van der Waals surface area contributed by atoms with Gasteiger partial charge in [0.05, 0.1) is 24.0 Å². The van der Waals surface area contributed by atoms with Crippen molar-refractivity contribution in [2.24, 2.45) is 0 Å². The van der Waals surface area contributed by atoms with E-state index in [-0.39, 0.29) is 0 Å². The minimum absolute atomic E-state index is 0.576. The second-order valence-electron chi connectivity index (χ2n) is 6.30. The monoisotopic (exact) mass is 344 g/mol. The fraction of sp³-hybridized carbons (Fsp3) is 0.143. The van der Waals surface area contributed by atoms with Gasteiger partial charge in [0.15, 0.2) is 0 Å². The Morgan fingerprint density at radius 1 is 1.04 bits per heavy atom. The van der Waals surface area contributed by atoms with E-state index in [9.17, 15) is 0 Å². The number of hydrogen-bond acceptors (Lipinski definition) is 5. The second kappa shape index (κ2) is 6.88. The summed E-state index contributed by atoms with van der Waals surface area (Å²) < 4.78 is 5.41. The molecular weight excluding hydrogens is 324 g/mol. The van der Waals surface area contributed by atoms with Crippen LogP contribution in [-0.4, -0.2) is 24.1 Å². The molecule has 0 radical (unpaired) electrons. The van der Waals surface area contributed by atoms with Crippen LogP contribution in [0.5, 0.6) is 0 Å². The summed E-state index contributed by atoms with van der Waals surface area (Å²) in [6, 6.07) is 18.2. The summed E-state index contributed by atoms with van der Waals surface area (Å²) in [5, 5.41) is 4.37. The largest absolute Gasteiger partial charge is 0.467 e. The minimum atomic E-state index is 0.576. The lowest BCUT2D eigenvalue weighted by atomic mass is 10.1. The van der Waals surface area contributed by atoms with Gasteiger partial charge in [-0.15, -0.1) is 0 Å². The number of aromatic nitrogens is 2. The highest BCUT2D eigenvalue weighted by atomic mass is 16.3. The predicted molar refractivity (Wildman–Crippen MR) is 105 cm³/mol.